The van der Waals surface area contributed by atoms with E-state index in [2.05, 4.69) is 0 Å². The van der Waals surface area contributed by atoms with Gasteiger partial charge in [-0.05, 0) is 35.4 Å². The van der Waals surface area contributed by atoms with Crippen molar-refractivity contribution < 1.29 is 29.6 Å². The molecule has 122 valence electrons. The summed E-state index contributed by atoms with van der Waals surface area (Å²) in [5.41, 5.74) is -2.04. The molecule has 0 aromatic heterocycles. The van der Waals surface area contributed by atoms with Crippen LogP contribution in [-0.2, 0) is 0 Å². The van der Waals surface area contributed by atoms with Gasteiger partial charge in [0.05, 0.1) is 9.85 Å². The summed E-state index contributed by atoms with van der Waals surface area (Å²) in [6.07, 6.45) is 0. The van der Waals surface area contributed by atoms with Gasteiger partial charge >= 0.3 is 11.9 Å². The number of aromatic carboxylic acids is 2. The normalized spacial score (nSPS) is 10.2. The highest BCUT2D eigenvalue weighted by atomic mass is 16.6. The molecule has 0 aliphatic carbocycles. The third kappa shape index (κ3) is 3.02. The number of nitrogens with zero attached hydrogens (tertiary/aromatic N) is 2. The van der Waals surface area contributed by atoms with Gasteiger partial charge in [-0.25, -0.2) is 9.59 Å². The van der Waals surface area contributed by atoms with Gasteiger partial charge in [0.15, 0.2) is 0 Å². The molecule has 0 atom stereocenters. The average Bonchev–Trinajstić information content (AvgIpc) is 2.53. The van der Waals surface area contributed by atoms with E-state index in [9.17, 15) is 29.8 Å². The average molecular weight is 332 g/mol. The molecule has 0 unspecified atom stereocenters. The number of carboxylic acids is 2. The largest absolute Gasteiger partial charge is 0.477 e. The summed E-state index contributed by atoms with van der Waals surface area (Å²) < 4.78 is 0. The van der Waals surface area contributed by atoms with Crippen LogP contribution in [-0.4, -0.2) is 32.0 Å². The molecule has 0 aliphatic rings. The van der Waals surface area contributed by atoms with Crippen LogP contribution in [0.3, 0.4) is 0 Å². The molecule has 2 N–H and O–H groups in total. The van der Waals surface area contributed by atoms with Crippen molar-refractivity contribution >= 4 is 23.3 Å². The number of carboxylic acid groups (broad SMARTS) is 2. The van der Waals surface area contributed by atoms with Gasteiger partial charge in [0.2, 0.25) is 0 Å². The standard InChI is InChI=1S/C14H8N2O8/c17-13(18)9-5-7(1-3-11(9)15(21)22)8-2-4-12(16(23)24)10(6-8)14(19)20/h1-6H,(H,17,18)(H,19,20). The molecule has 0 heterocycles. The van der Waals surface area contributed by atoms with E-state index in [0.717, 1.165) is 24.3 Å². The molecule has 0 saturated heterocycles. The second kappa shape index (κ2) is 6.12. The fraction of sp³-hybridized carbons (Fsp3) is 0. The predicted octanol–water partition coefficient (Wildman–Crippen LogP) is 2.57. The molecular formula is C14H8N2O8. The minimum Gasteiger partial charge on any atom is -0.477 e. The molecule has 2 aromatic carbocycles. The zero-order valence-electron chi connectivity index (χ0n) is 11.7. The van der Waals surface area contributed by atoms with Crippen molar-refractivity contribution in [2.24, 2.45) is 0 Å². The fourth-order valence-electron chi connectivity index (χ4n) is 2.09. The second-order valence-corrected chi connectivity index (χ2v) is 4.59. The summed E-state index contributed by atoms with van der Waals surface area (Å²) in [5.74, 6) is -3.05. The molecule has 0 bridgehead atoms. The van der Waals surface area contributed by atoms with E-state index in [-0.39, 0.29) is 11.1 Å². The van der Waals surface area contributed by atoms with Crippen molar-refractivity contribution in [2.45, 2.75) is 0 Å². The minimum atomic E-state index is -1.52. The van der Waals surface area contributed by atoms with Crippen molar-refractivity contribution in [1.82, 2.24) is 0 Å². The number of nitro groups is 2. The number of benzene rings is 2. The Kier molecular flexibility index (Phi) is 4.22. The molecule has 10 nitrogen and oxygen atoms in total. The molecular weight excluding hydrogens is 324 g/mol. The van der Waals surface area contributed by atoms with E-state index < -0.39 is 44.3 Å². The molecule has 2 rings (SSSR count). The zero-order valence-corrected chi connectivity index (χ0v) is 11.7. The maximum absolute atomic E-state index is 11.1. The van der Waals surface area contributed by atoms with Crippen LogP contribution in [0.5, 0.6) is 0 Å². The van der Waals surface area contributed by atoms with Crippen LogP contribution in [0.4, 0.5) is 11.4 Å². The van der Waals surface area contributed by atoms with Gasteiger partial charge in [-0.3, -0.25) is 20.2 Å². The van der Waals surface area contributed by atoms with Crippen LogP contribution >= 0.6 is 0 Å². The van der Waals surface area contributed by atoms with Gasteiger partial charge in [0.1, 0.15) is 11.1 Å². The lowest BCUT2D eigenvalue weighted by Crippen LogP contribution is -2.04. The van der Waals surface area contributed by atoms with E-state index in [4.69, 9.17) is 10.2 Å². The Bertz CT molecular complexity index is 817. The Labute approximate surface area is 132 Å². The summed E-state index contributed by atoms with van der Waals surface area (Å²) in [4.78, 5) is 42.2. The Morgan fingerprint density at radius 2 is 1.08 bits per heavy atom. The maximum Gasteiger partial charge on any atom is 0.342 e. The van der Waals surface area contributed by atoms with Crippen LogP contribution in [0.15, 0.2) is 36.4 Å². The van der Waals surface area contributed by atoms with E-state index in [1.54, 1.807) is 0 Å². The monoisotopic (exact) mass is 332 g/mol. The van der Waals surface area contributed by atoms with Gasteiger partial charge < -0.3 is 10.2 Å². The highest BCUT2D eigenvalue weighted by Gasteiger charge is 2.23. The number of rotatable bonds is 5. The first-order valence-corrected chi connectivity index (χ1v) is 6.26. The summed E-state index contributed by atoms with van der Waals surface area (Å²) >= 11 is 0. The SMILES string of the molecule is O=C(O)c1cc(-c2ccc([N+](=O)[O-])c(C(=O)O)c2)ccc1[N+](=O)[O-]. The first kappa shape index (κ1) is 16.5. The predicted molar refractivity (Wildman–Crippen MR) is 79.1 cm³/mol. The topological polar surface area (TPSA) is 161 Å². The molecule has 10 heteroatoms. The number of carbonyl (C=O) groups is 2. The highest BCUT2D eigenvalue weighted by Crippen LogP contribution is 2.30. The Hall–Kier alpha value is -3.82. The van der Waals surface area contributed by atoms with E-state index in [1.165, 1.54) is 12.1 Å². The third-order valence-electron chi connectivity index (χ3n) is 3.18. The Balaban J connectivity index is 2.64. The zero-order chi connectivity index (χ0) is 18.0. The fourth-order valence-corrected chi connectivity index (χ4v) is 2.09. The van der Waals surface area contributed by atoms with Gasteiger partial charge in [-0.15, -0.1) is 0 Å². The Morgan fingerprint density at radius 1 is 0.750 bits per heavy atom. The van der Waals surface area contributed by atoms with Crippen molar-refractivity contribution in [3.63, 3.8) is 0 Å². The molecule has 0 aliphatic heterocycles. The third-order valence-corrected chi connectivity index (χ3v) is 3.18. The number of hydrogen-bond acceptors (Lipinski definition) is 6. The van der Waals surface area contributed by atoms with Crippen molar-refractivity contribution in [3.8, 4) is 11.1 Å². The second-order valence-electron chi connectivity index (χ2n) is 4.59. The lowest BCUT2D eigenvalue weighted by Gasteiger charge is -2.06. The van der Waals surface area contributed by atoms with Crippen LogP contribution in [0.25, 0.3) is 11.1 Å². The summed E-state index contributed by atoms with van der Waals surface area (Å²) in [6, 6.07) is 6.43. The van der Waals surface area contributed by atoms with E-state index in [0.29, 0.717) is 0 Å². The molecule has 0 radical (unpaired) electrons. The summed E-state index contributed by atoms with van der Waals surface area (Å²) in [6.45, 7) is 0. The lowest BCUT2D eigenvalue weighted by molar-refractivity contribution is -0.385. The quantitative estimate of drug-likeness (QED) is 0.623. The number of nitro benzene ring substituents is 2. The van der Waals surface area contributed by atoms with Gasteiger partial charge in [-0.1, -0.05) is 0 Å². The lowest BCUT2D eigenvalue weighted by atomic mass is 9.99. The number of hydrogen-bond donors (Lipinski definition) is 2. The van der Waals surface area contributed by atoms with Crippen LogP contribution in [0.1, 0.15) is 20.7 Å². The molecule has 0 spiro atoms. The van der Waals surface area contributed by atoms with Crippen molar-refractivity contribution in [1.29, 1.82) is 0 Å². The van der Waals surface area contributed by atoms with Crippen molar-refractivity contribution in [2.75, 3.05) is 0 Å². The van der Waals surface area contributed by atoms with Crippen LogP contribution < -0.4 is 0 Å². The molecule has 24 heavy (non-hydrogen) atoms. The van der Waals surface area contributed by atoms with Gasteiger partial charge in [0, 0.05) is 12.1 Å². The first-order valence-electron chi connectivity index (χ1n) is 6.26. The molecule has 0 saturated carbocycles. The molecule has 2 aromatic rings. The van der Waals surface area contributed by atoms with Crippen LogP contribution in [0, 0.1) is 20.2 Å². The van der Waals surface area contributed by atoms with E-state index in [1.807, 2.05) is 0 Å². The maximum atomic E-state index is 11.1. The first-order chi connectivity index (χ1) is 11.2. The van der Waals surface area contributed by atoms with E-state index >= 15 is 0 Å². The van der Waals surface area contributed by atoms with Gasteiger partial charge in [0.25, 0.3) is 11.4 Å². The van der Waals surface area contributed by atoms with Gasteiger partial charge in [-0.2, -0.15) is 0 Å². The molecule has 0 amide bonds. The highest BCUT2D eigenvalue weighted by molar-refractivity contribution is 5.96. The van der Waals surface area contributed by atoms with Crippen LogP contribution in [0.2, 0.25) is 0 Å². The summed E-state index contributed by atoms with van der Waals surface area (Å²) in [7, 11) is 0. The summed E-state index contributed by atoms with van der Waals surface area (Å²) in [5, 5.41) is 39.8. The van der Waals surface area contributed by atoms with Crippen molar-refractivity contribution in [3.05, 3.63) is 67.8 Å². The minimum absolute atomic E-state index is 0.176. The molecule has 0 fully saturated rings. The Morgan fingerprint density at radius 3 is 1.33 bits per heavy atom. The smallest absolute Gasteiger partial charge is 0.342 e.